The largest absolute Gasteiger partial charge is 0.490 e. The second kappa shape index (κ2) is 5.66. The van der Waals surface area contributed by atoms with Gasteiger partial charge in [-0.05, 0) is 38.4 Å². The van der Waals surface area contributed by atoms with Crippen molar-refractivity contribution >= 4 is 0 Å². The molecule has 1 rings (SSSR count). The van der Waals surface area contributed by atoms with E-state index >= 15 is 0 Å². The Morgan fingerprint density at radius 1 is 1.29 bits per heavy atom. The predicted molar refractivity (Wildman–Crippen MR) is 59.6 cm³/mol. The molecule has 0 aromatic heterocycles. The molecule has 0 saturated carbocycles. The van der Waals surface area contributed by atoms with Crippen molar-refractivity contribution < 1.29 is 4.74 Å². The quantitative estimate of drug-likeness (QED) is 0.779. The van der Waals surface area contributed by atoms with Gasteiger partial charge >= 0.3 is 0 Å². The van der Waals surface area contributed by atoms with Crippen LogP contribution in [0.4, 0.5) is 0 Å². The first-order valence-corrected chi connectivity index (χ1v) is 5.19. The van der Waals surface area contributed by atoms with E-state index in [0.29, 0.717) is 6.54 Å². The van der Waals surface area contributed by atoms with Gasteiger partial charge in [-0.1, -0.05) is 24.6 Å². The fourth-order valence-electron chi connectivity index (χ4n) is 1.34. The van der Waals surface area contributed by atoms with Gasteiger partial charge in [-0.15, -0.1) is 0 Å². The molecule has 0 radical (unpaired) electrons. The maximum Gasteiger partial charge on any atom is 0.119 e. The average molecular weight is 193 g/mol. The van der Waals surface area contributed by atoms with Crippen LogP contribution in [0.3, 0.4) is 0 Å². The summed E-state index contributed by atoms with van der Waals surface area (Å²) in [6.07, 6.45) is 2.18. The van der Waals surface area contributed by atoms with Gasteiger partial charge < -0.3 is 10.5 Å². The molecule has 2 N–H and O–H groups in total. The molecular weight excluding hydrogens is 174 g/mol. The molecule has 0 bridgehead atoms. The Labute approximate surface area is 86.1 Å². The Kier molecular flexibility index (Phi) is 4.47. The molecule has 0 amide bonds. The molecule has 0 aliphatic heterocycles. The zero-order valence-electron chi connectivity index (χ0n) is 8.99. The minimum atomic E-state index is 0.253. The minimum Gasteiger partial charge on any atom is -0.490 e. The number of hydrogen-bond donors (Lipinski definition) is 1. The van der Waals surface area contributed by atoms with Crippen molar-refractivity contribution in [1.82, 2.24) is 0 Å². The summed E-state index contributed by atoms with van der Waals surface area (Å²) in [6.45, 7) is 4.87. The number of hydrogen-bond acceptors (Lipinski definition) is 2. The molecule has 1 unspecified atom stereocenters. The highest BCUT2D eigenvalue weighted by Crippen LogP contribution is 2.15. The lowest BCUT2D eigenvalue weighted by Gasteiger charge is -2.16. The van der Waals surface area contributed by atoms with Gasteiger partial charge in [-0.3, -0.25) is 0 Å². The second-order valence-electron chi connectivity index (χ2n) is 3.54. The fourth-order valence-corrected chi connectivity index (χ4v) is 1.34. The molecule has 0 spiro atoms. The highest BCUT2D eigenvalue weighted by Gasteiger charge is 2.05. The Hall–Kier alpha value is -1.02. The SMILES string of the molecule is CCC(CCN)Oc1ccc(C)cc1. The molecule has 1 atom stereocenters. The van der Waals surface area contributed by atoms with E-state index in [1.165, 1.54) is 5.56 Å². The summed E-state index contributed by atoms with van der Waals surface area (Å²) < 4.78 is 5.78. The van der Waals surface area contributed by atoms with Crippen molar-refractivity contribution in [1.29, 1.82) is 0 Å². The predicted octanol–water partition coefficient (Wildman–Crippen LogP) is 2.50. The van der Waals surface area contributed by atoms with Gasteiger partial charge in [0.1, 0.15) is 5.75 Å². The molecule has 1 aromatic rings. The number of aryl methyl sites for hydroxylation is 1. The van der Waals surface area contributed by atoms with Crippen LogP contribution < -0.4 is 10.5 Å². The molecule has 0 aliphatic rings. The van der Waals surface area contributed by atoms with Crippen LogP contribution in [0, 0.1) is 6.92 Å². The van der Waals surface area contributed by atoms with E-state index in [0.717, 1.165) is 18.6 Å². The van der Waals surface area contributed by atoms with Gasteiger partial charge in [-0.2, -0.15) is 0 Å². The van der Waals surface area contributed by atoms with Crippen LogP contribution in [0.2, 0.25) is 0 Å². The zero-order valence-corrected chi connectivity index (χ0v) is 8.99. The number of nitrogens with two attached hydrogens (primary N) is 1. The molecule has 0 aliphatic carbocycles. The standard InChI is InChI=1S/C12H19NO/c1-3-11(8-9-13)14-12-6-4-10(2)5-7-12/h4-7,11H,3,8-9,13H2,1-2H3. The highest BCUT2D eigenvalue weighted by atomic mass is 16.5. The molecule has 14 heavy (non-hydrogen) atoms. The summed E-state index contributed by atoms with van der Waals surface area (Å²) in [7, 11) is 0. The third-order valence-corrected chi connectivity index (χ3v) is 2.27. The van der Waals surface area contributed by atoms with Crippen LogP contribution in [0.15, 0.2) is 24.3 Å². The molecule has 1 aromatic carbocycles. The maximum atomic E-state index is 5.78. The maximum absolute atomic E-state index is 5.78. The van der Waals surface area contributed by atoms with Gasteiger partial charge in [0, 0.05) is 0 Å². The van der Waals surface area contributed by atoms with Gasteiger partial charge in [0.25, 0.3) is 0 Å². The average Bonchev–Trinajstić information content (AvgIpc) is 2.20. The van der Waals surface area contributed by atoms with E-state index in [1.54, 1.807) is 0 Å². The van der Waals surface area contributed by atoms with Crippen LogP contribution in [0.5, 0.6) is 5.75 Å². The third kappa shape index (κ3) is 3.38. The first-order valence-electron chi connectivity index (χ1n) is 5.19. The van der Waals surface area contributed by atoms with Crippen LogP contribution >= 0.6 is 0 Å². The van der Waals surface area contributed by atoms with Gasteiger partial charge in [0.05, 0.1) is 6.10 Å². The van der Waals surface area contributed by atoms with Crippen LogP contribution in [0.1, 0.15) is 25.3 Å². The zero-order chi connectivity index (χ0) is 10.4. The van der Waals surface area contributed by atoms with E-state index in [4.69, 9.17) is 10.5 Å². The van der Waals surface area contributed by atoms with Gasteiger partial charge in [0.15, 0.2) is 0 Å². The van der Waals surface area contributed by atoms with Crippen LogP contribution in [-0.4, -0.2) is 12.6 Å². The molecule has 0 saturated heterocycles. The third-order valence-electron chi connectivity index (χ3n) is 2.27. The van der Waals surface area contributed by atoms with Crippen molar-refractivity contribution in [3.8, 4) is 5.75 Å². The molecule has 0 fully saturated rings. The minimum absolute atomic E-state index is 0.253. The monoisotopic (exact) mass is 193 g/mol. The summed E-state index contributed by atoms with van der Waals surface area (Å²) in [4.78, 5) is 0. The topological polar surface area (TPSA) is 35.2 Å². The normalized spacial score (nSPS) is 12.5. The number of ether oxygens (including phenoxy) is 1. The smallest absolute Gasteiger partial charge is 0.119 e. The van der Waals surface area contributed by atoms with Crippen molar-refractivity contribution in [2.45, 2.75) is 32.8 Å². The van der Waals surface area contributed by atoms with Crippen LogP contribution in [0.25, 0.3) is 0 Å². The summed E-state index contributed by atoms with van der Waals surface area (Å²) >= 11 is 0. The van der Waals surface area contributed by atoms with Crippen molar-refractivity contribution in [3.63, 3.8) is 0 Å². The van der Waals surface area contributed by atoms with E-state index in [2.05, 4.69) is 26.0 Å². The van der Waals surface area contributed by atoms with Crippen molar-refractivity contribution in [3.05, 3.63) is 29.8 Å². The Balaban J connectivity index is 2.53. The Morgan fingerprint density at radius 2 is 1.93 bits per heavy atom. The molecule has 0 heterocycles. The van der Waals surface area contributed by atoms with Crippen LogP contribution in [-0.2, 0) is 0 Å². The molecule has 78 valence electrons. The summed E-state index contributed by atoms with van der Waals surface area (Å²) in [6, 6.07) is 8.14. The molecular formula is C12H19NO. The molecule has 2 heteroatoms. The fraction of sp³-hybridized carbons (Fsp3) is 0.500. The van der Waals surface area contributed by atoms with E-state index in [1.807, 2.05) is 12.1 Å². The van der Waals surface area contributed by atoms with E-state index < -0.39 is 0 Å². The first kappa shape index (κ1) is 11.1. The van der Waals surface area contributed by atoms with Gasteiger partial charge in [0.2, 0.25) is 0 Å². The van der Waals surface area contributed by atoms with Crippen molar-refractivity contribution in [2.75, 3.05) is 6.54 Å². The lowest BCUT2D eigenvalue weighted by Crippen LogP contribution is -2.19. The van der Waals surface area contributed by atoms with E-state index in [9.17, 15) is 0 Å². The van der Waals surface area contributed by atoms with Crippen molar-refractivity contribution in [2.24, 2.45) is 5.73 Å². The first-order chi connectivity index (χ1) is 6.76. The Morgan fingerprint density at radius 3 is 2.43 bits per heavy atom. The number of rotatable bonds is 5. The lowest BCUT2D eigenvalue weighted by atomic mass is 10.2. The van der Waals surface area contributed by atoms with E-state index in [-0.39, 0.29) is 6.10 Å². The summed E-state index contributed by atoms with van der Waals surface area (Å²) in [5, 5.41) is 0. The highest BCUT2D eigenvalue weighted by molar-refractivity contribution is 5.26. The second-order valence-corrected chi connectivity index (χ2v) is 3.54. The van der Waals surface area contributed by atoms with Gasteiger partial charge in [-0.25, -0.2) is 0 Å². The Bertz CT molecular complexity index is 256. The lowest BCUT2D eigenvalue weighted by molar-refractivity contribution is 0.189. The summed E-state index contributed by atoms with van der Waals surface area (Å²) in [5.74, 6) is 0.941. The molecule has 2 nitrogen and oxygen atoms in total. The summed E-state index contributed by atoms with van der Waals surface area (Å²) in [5.41, 5.74) is 6.76. The number of benzene rings is 1.